The molecule has 0 fully saturated rings. The van der Waals surface area contributed by atoms with Crippen molar-refractivity contribution in [3.05, 3.63) is 97.1 Å². The van der Waals surface area contributed by atoms with Crippen LogP contribution in [-0.4, -0.2) is 9.97 Å². The van der Waals surface area contributed by atoms with Crippen molar-refractivity contribution in [2.75, 3.05) is 0 Å². The predicted molar refractivity (Wildman–Crippen MR) is 97.1 cm³/mol. The fraction of sp³-hybridized carbons (Fsp3) is 0. The Labute approximate surface area is 167 Å². The van der Waals surface area contributed by atoms with Gasteiger partial charge in [0, 0.05) is 0 Å². The molecule has 0 spiro atoms. The van der Waals surface area contributed by atoms with Crippen LogP contribution in [0, 0.1) is 12.1 Å². The Balaban J connectivity index is 0.00000196. The zero-order valence-corrected chi connectivity index (χ0v) is 16.0. The predicted octanol–water partition coefficient (Wildman–Crippen LogP) is 5.20. The Bertz CT molecular complexity index is 894. The van der Waals surface area contributed by atoms with Crippen LogP contribution >= 0.6 is 0 Å². The summed E-state index contributed by atoms with van der Waals surface area (Å²) in [4.78, 5) is 9.08. The number of hydrogen-bond donors (Lipinski definition) is 0. The van der Waals surface area contributed by atoms with Crippen LogP contribution in [0.2, 0.25) is 0 Å². The van der Waals surface area contributed by atoms with Gasteiger partial charge in [-0.3, -0.25) is 9.97 Å². The average Bonchev–Trinajstić information content (AvgIpc) is 2.70. The smallest absolute Gasteiger partial charge is 0.422 e. The number of rotatable bonds is 4. The summed E-state index contributed by atoms with van der Waals surface area (Å²) in [5.41, 5.74) is 3.47. The van der Waals surface area contributed by atoms with E-state index >= 15 is 0 Å². The van der Waals surface area contributed by atoms with Crippen molar-refractivity contribution in [3.63, 3.8) is 0 Å². The van der Waals surface area contributed by atoms with Crippen LogP contribution in [0.1, 0.15) is 0 Å². The minimum atomic E-state index is 0. The van der Waals surface area contributed by atoms with Crippen molar-refractivity contribution in [1.82, 2.24) is 9.97 Å². The second kappa shape index (κ2) is 8.55. The second-order valence-corrected chi connectivity index (χ2v) is 5.38. The first-order chi connectivity index (χ1) is 12.4. The van der Waals surface area contributed by atoms with Crippen molar-refractivity contribution >= 4 is 0 Å². The first-order valence-electron chi connectivity index (χ1n) is 7.95. The van der Waals surface area contributed by atoms with E-state index in [1.165, 1.54) is 0 Å². The molecule has 128 valence electrons. The summed E-state index contributed by atoms with van der Waals surface area (Å²) in [5, 5.41) is 0. The maximum absolute atomic E-state index is 5.85. The third-order valence-electron chi connectivity index (χ3n) is 3.63. The molecule has 4 heteroatoms. The van der Waals surface area contributed by atoms with Crippen molar-refractivity contribution in [2.45, 2.75) is 0 Å². The third-order valence-corrected chi connectivity index (χ3v) is 3.63. The van der Waals surface area contributed by atoms with Gasteiger partial charge in [-0.2, -0.15) is 0 Å². The maximum Gasteiger partial charge on any atom is 2.00 e. The fourth-order valence-electron chi connectivity index (χ4n) is 2.46. The molecule has 4 rings (SSSR count). The number of ether oxygens (including phenoxy) is 1. The van der Waals surface area contributed by atoms with Gasteiger partial charge in [-0.15, -0.1) is 71.8 Å². The second-order valence-electron chi connectivity index (χ2n) is 5.38. The topological polar surface area (TPSA) is 35.0 Å². The molecule has 2 aromatic heterocycles. The van der Waals surface area contributed by atoms with E-state index in [0.29, 0.717) is 11.8 Å². The molecule has 2 aromatic carbocycles. The monoisotopic (exact) mass is 517 g/mol. The molecule has 0 aliphatic carbocycles. The van der Waals surface area contributed by atoms with Crippen LogP contribution in [0.5, 0.6) is 11.8 Å². The molecule has 0 bridgehead atoms. The normalized spacial score (nSPS) is 10.0. The fourth-order valence-corrected chi connectivity index (χ4v) is 2.46. The molecule has 0 N–H and O–H groups in total. The minimum Gasteiger partial charge on any atom is -0.422 e. The quantitative estimate of drug-likeness (QED) is 0.349. The maximum atomic E-state index is 5.85. The molecular formula is C22H14N2OPt. The van der Waals surface area contributed by atoms with E-state index in [2.05, 4.69) is 22.1 Å². The van der Waals surface area contributed by atoms with Gasteiger partial charge in [0.05, 0.1) is 0 Å². The molecule has 0 saturated carbocycles. The number of aromatic nitrogens is 2. The summed E-state index contributed by atoms with van der Waals surface area (Å²) in [5.74, 6) is 0.993. The summed E-state index contributed by atoms with van der Waals surface area (Å²) in [6, 6.07) is 33.1. The van der Waals surface area contributed by atoms with E-state index in [0.717, 1.165) is 22.5 Å². The van der Waals surface area contributed by atoms with E-state index in [4.69, 9.17) is 4.74 Å². The van der Waals surface area contributed by atoms with Crippen molar-refractivity contribution in [1.29, 1.82) is 0 Å². The van der Waals surface area contributed by atoms with E-state index in [1.54, 1.807) is 0 Å². The molecule has 3 nitrogen and oxygen atoms in total. The minimum absolute atomic E-state index is 0. The molecule has 4 aromatic rings. The number of pyridine rings is 2. The van der Waals surface area contributed by atoms with Gasteiger partial charge in [-0.25, -0.2) is 0 Å². The van der Waals surface area contributed by atoms with Gasteiger partial charge in [0.25, 0.3) is 0 Å². The van der Waals surface area contributed by atoms with Gasteiger partial charge in [0.1, 0.15) is 0 Å². The first kappa shape index (κ1) is 18.0. The standard InChI is InChI=1S/C22H14N2O.Pt/c1-3-9-17(10-4-1)19-13-7-15-21(23-19)25-22-16-8-14-20(24-22)18-11-5-2-6-12-18;/h1-9,11,13-16H;/q-2;+2. The zero-order chi connectivity index (χ0) is 16.9. The summed E-state index contributed by atoms with van der Waals surface area (Å²) in [7, 11) is 0. The van der Waals surface area contributed by atoms with Crippen LogP contribution in [0.15, 0.2) is 84.9 Å². The Kier molecular flexibility index (Phi) is 5.93. The number of hydrogen-bond acceptors (Lipinski definition) is 3. The van der Waals surface area contributed by atoms with Crippen LogP contribution in [-0.2, 0) is 21.1 Å². The summed E-state index contributed by atoms with van der Waals surface area (Å²) < 4.78 is 5.85. The van der Waals surface area contributed by atoms with Crippen molar-refractivity contribution < 1.29 is 25.8 Å². The Morgan fingerprint density at radius 1 is 0.577 bits per heavy atom. The van der Waals surface area contributed by atoms with Crippen molar-refractivity contribution in [2.24, 2.45) is 0 Å². The summed E-state index contributed by atoms with van der Waals surface area (Å²) in [6.07, 6.45) is 0. The Morgan fingerprint density at radius 3 is 1.50 bits per heavy atom. The number of benzene rings is 2. The van der Waals surface area contributed by atoms with Gasteiger partial charge in [-0.1, -0.05) is 24.3 Å². The van der Waals surface area contributed by atoms with Gasteiger partial charge >= 0.3 is 21.1 Å². The van der Waals surface area contributed by atoms with E-state index in [1.807, 2.05) is 84.9 Å². The SMILES string of the molecule is [Pt+2].[c-]1ccccc1-c1cccc(Oc2cccc(-c3[c-]cccc3)n2)n1. The molecule has 0 amide bonds. The third kappa shape index (κ3) is 4.25. The largest absolute Gasteiger partial charge is 2.00 e. The van der Waals surface area contributed by atoms with Crippen LogP contribution in [0.25, 0.3) is 22.5 Å². The first-order valence-corrected chi connectivity index (χ1v) is 7.95. The molecule has 0 atom stereocenters. The molecule has 2 heterocycles. The van der Waals surface area contributed by atoms with Crippen LogP contribution in [0.4, 0.5) is 0 Å². The Hall–Kier alpha value is -2.77. The zero-order valence-electron chi connectivity index (χ0n) is 13.7. The summed E-state index contributed by atoms with van der Waals surface area (Å²) >= 11 is 0. The summed E-state index contributed by atoms with van der Waals surface area (Å²) in [6.45, 7) is 0. The number of nitrogens with zero attached hydrogens (tertiary/aromatic N) is 2. The van der Waals surface area contributed by atoms with Gasteiger partial charge in [0.15, 0.2) is 0 Å². The molecule has 0 saturated heterocycles. The van der Waals surface area contributed by atoms with E-state index < -0.39 is 0 Å². The molecule has 26 heavy (non-hydrogen) atoms. The van der Waals surface area contributed by atoms with Crippen LogP contribution < -0.4 is 4.74 Å². The van der Waals surface area contributed by atoms with Gasteiger partial charge in [0.2, 0.25) is 11.8 Å². The van der Waals surface area contributed by atoms with E-state index in [-0.39, 0.29) is 21.1 Å². The van der Waals surface area contributed by atoms with Gasteiger partial charge in [-0.05, 0) is 23.5 Å². The molecule has 0 aliphatic rings. The average molecular weight is 517 g/mol. The Morgan fingerprint density at radius 2 is 1.08 bits per heavy atom. The van der Waals surface area contributed by atoms with Crippen LogP contribution in [0.3, 0.4) is 0 Å². The molecule has 0 aliphatic heterocycles. The van der Waals surface area contributed by atoms with Gasteiger partial charge < -0.3 is 4.74 Å². The molecule has 0 radical (unpaired) electrons. The van der Waals surface area contributed by atoms with E-state index in [9.17, 15) is 0 Å². The molecule has 0 unspecified atom stereocenters. The van der Waals surface area contributed by atoms with Crippen molar-refractivity contribution in [3.8, 4) is 34.3 Å². The molecular weight excluding hydrogens is 503 g/mol.